The van der Waals surface area contributed by atoms with E-state index in [1.165, 1.54) is 0 Å². The Morgan fingerprint density at radius 2 is 2.12 bits per heavy atom. The van der Waals surface area contributed by atoms with Crippen LogP contribution >= 0.6 is 0 Å². The van der Waals surface area contributed by atoms with Gasteiger partial charge in [0.1, 0.15) is 0 Å². The molecule has 0 spiro atoms. The molecule has 94 valence electrons. The average molecular weight is 227 g/mol. The van der Waals surface area contributed by atoms with E-state index in [1.807, 2.05) is 13.8 Å². The third-order valence-corrected chi connectivity index (χ3v) is 3.48. The van der Waals surface area contributed by atoms with Gasteiger partial charge in [-0.3, -0.25) is 9.69 Å². The van der Waals surface area contributed by atoms with E-state index in [0.717, 1.165) is 19.5 Å². The van der Waals surface area contributed by atoms with E-state index in [2.05, 4.69) is 24.1 Å². The summed E-state index contributed by atoms with van der Waals surface area (Å²) in [5.41, 5.74) is 5.82. The fourth-order valence-corrected chi connectivity index (χ4v) is 1.93. The summed E-state index contributed by atoms with van der Waals surface area (Å²) in [6.07, 6.45) is 0.939. The van der Waals surface area contributed by atoms with Gasteiger partial charge in [0.15, 0.2) is 0 Å². The van der Waals surface area contributed by atoms with E-state index < -0.39 is 0 Å². The summed E-state index contributed by atoms with van der Waals surface area (Å²) < 4.78 is 0. The van der Waals surface area contributed by atoms with Crippen molar-refractivity contribution in [3.05, 3.63) is 0 Å². The van der Waals surface area contributed by atoms with Crippen molar-refractivity contribution in [3.8, 4) is 0 Å². The lowest BCUT2D eigenvalue weighted by Crippen LogP contribution is -2.47. The fourth-order valence-electron chi connectivity index (χ4n) is 1.93. The zero-order valence-electron chi connectivity index (χ0n) is 10.9. The number of amides is 1. The van der Waals surface area contributed by atoms with Crippen LogP contribution in [0.5, 0.6) is 0 Å². The van der Waals surface area contributed by atoms with Gasteiger partial charge in [0.2, 0.25) is 5.91 Å². The Labute approximate surface area is 98.6 Å². The predicted octanol–water partition coefficient (Wildman–Crippen LogP) is 0.570. The van der Waals surface area contributed by atoms with Crippen molar-refractivity contribution >= 4 is 5.91 Å². The number of nitrogens with zero attached hydrogens (tertiary/aromatic N) is 1. The minimum atomic E-state index is -0.107. The number of likely N-dealkylation sites (tertiary alicyclic amines) is 1. The quantitative estimate of drug-likeness (QED) is 0.738. The summed E-state index contributed by atoms with van der Waals surface area (Å²) in [5.74, 6) is 0.597. The molecule has 4 nitrogen and oxygen atoms in total. The van der Waals surface area contributed by atoms with Crippen LogP contribution in [0.3, 0.4) is 0 Å². The Balaban J connectivity index is 2.36. The van der Waals surface area contributed by atoms with Crippen LogP contribution in [0.1, 0.15) is 34.1 Å². The molecule has 0 saturated carbocycles. The van der Waals surface area contributed by atoms with Crippen LogP contribution in [0, 0.1) is 5.92 Å². The van der Waals surface area contributed by atoms with Gasteiger partial charge in [0, 0.05) is 24.7 Å². The first kappa shape index (κ1) is 13.5. The molecule has 4 heteroatoms. The first-order chi connectivity index (χ1) is 7.34. The number of carbonyl (C=O) groups is 1. The molecule has 0 aromatic heterocycles. The molecule has 1 rings (SSSR count). The Hall–Kier alpha value is -0.610. The maximum absolute atomic E-state index is 11.8. The Morgan fingerprint density at radius 1 is 1.50 bits per heavy atom. The van der Waals surface area contributed by atoms with Crippen LogP contribution in [0.4, 0.5) is 0 Å². The molecular formula is C12H25N3O. The number of hydrogen-bond acceptors (Lipinski definition) is 3. The van der Waals surface area contributed by atoms with E-state index in [0.29, 0.717) is 12.5 Å². The van der Waals surface area contributed by atoms with Crippen molar-refractivity contribution in [2.24, 2.45) is 11.7 Å². The Morgan fingerprint density at radius 3 is 2.56 bits per heavy atom. The highest BCUT2D eigenvalue weighted by Crippen LogP contribution is 2.14. The van der Waals surface area contributed by atoms with Gasteiger partial charge in [-0.25, -0.2) is 0 Å². The Kier molecular flexibility index (Phi) is 4.33. The predicted molar refractivity (Wildman–Crippen MR) is 66.1 cm³/mol. The third-order valence-electron chi connectivity index (χ3n) is 3.48. The monoisotopic (exact) mass is 227 g/mol. The molecule has 0 aromatic rings. The van der Waals surface area contributed by atoms with Gasteiger partial charge in [-0.2, -0.15) is 0 Å². The number of carbonyl (C=O) groups excluding carboxylic acids is 1. The number of nitrogens with two attached hydrogens (primary N) is 1. The van der Waals surface area contributed by atoms with Crippen molar-refractivity contribution < 1.29 is 4.79 Å². The molecule has 2 unspecified atom stereocenters. The number of rotatable bonds is 4. The van der Waals surface area contributed by atoms with Crippen molar-refractivity contribution in [1.82, 2.24) is 10.2 Å². The highest BCUT2D eigenvalue weighted by Gasteiger charge is 2.28. The van der Waals surface area contributed by atoms with Gasteiger partial charge in [-0.05, 0) is 26.2 Å². The van der Waals surface area contributed by atoms with E-state index >= 15 is 0 Å². The van der Waals surface area contributed by atoms with Gasteiger partial charge in [-0.15, -0.1) is 0 Å². The standard InChI is InChI=1S/C12H25N3O/c1-5-12(3,4)14-11(16)8-15-6-9(2)10(13)7-15/h9-10H,5-8,13H2,1-4H3,(H,14,16). The number of hydrogen-bond donors (Lipinski definition) is 2. The van der Waals surface area contributed by atoms with Crippen molar-refractivity contribution in [2.75, 3.05) is 19.6 Å². The van der Waals surface area contributed by atoms with E-state index in [1.54, 1.807) is 0 Å². The molecule has 1 fully saturated rings. The molecule has 1 aliphatic rings. The Bertz CT molecular complexity index is 243. The van der Waals surface area contributed by atoms with E-state index in [4.69, 9.17) is 5.73 Å². The summed E-state index contributed by atoms with van der Waals surface area (Å²) in [6, 6.07) is 0.215. The molecule has 2 atom stereocenters. The second kappa shape index (κ2) is 5.15. The molecule has 0 aromatic carbocycles. The molecule has 0 aliphatic carbocycles. The van der Waals surface area contributed by atoms with E-state index in [-0.39, 0.29) is 17.5 Å². The van der Waals surface area contributed by atoms with Crippen LogP contribution < -0.4 is 11.1 Å². The van der Waals surface area contributed by atoms with Crippen molar-refractivity contribution in [3.63, 3.8) is 0 Å². The molecule has 16 heavy (non-hydrogen) atoms. The third kappa shape index (κ3) is 3.76. The van der Waals surface area contributed by atoms with Gasteiger partial charge >= 0.3 is 0 Å². The van der Waals surface area contributed by atoms with E-state index in [9.17, 15) is 4.79 Å². The minimum Gasteiger partial charge on any atom is -0.350 e. The zero-order chi connectivity index (χ0) is 12.3. The highest BCUT2D eigenvalue weighted by atomic mass is 16.2. The second-order valence-corrected chi connectivity index (χ2v) is 5.62. The lowest BCUT2D eigenvalue weighted by atomic mass is 10.0. The lowest BCUT2D eigenvalue weighted by molar-refractivity contribution is -0.123. The molecule has 1 aliphatic heterocycles. The minimum absolute atomic E-state index is 0.105. The lowest BCUT2D eigenvalue weighted by Gasteiger charge is -2.26. The van der Waals surface area contributed by atoms with Gasteiger partial charge < -0.3 is 11.1 Å². The normalized spacial score (nSPS) is 27.1. The van der Waals surface area contributed by atoms with Crippen LogP contribution in [0.15, 0.2) is 0 Å². The molecule has 1 saturated heterocycles. The smallest absolute Gasteiger partial charge is 0.234 e. The topological polar surface area (TPSA) is 58.4 Å². The molecule has 0 radical (unpaired) electrons. The highest BCUT2D eigenvalue weighted by molar-refractivity contribution is 5.78. The van der Waals surface area contributed by atoms with Gasteiger partial charge in [-0.1, -0.05) is 13.8 Å². The van der Waals surface area contributed by atoms with Gasteiger partial charge in [0.05, 0.1) is 6.54 Å². The SMILES string of the molecule is CCC(C)(C)NC(=O)CN1CC(C)C(N)C1. The molecular weight excluding hydrogens is 202 g/mol. The molecule has 1 heterocycles. The summed E-state index contributed by atoms with van der Waals surface area (Å²) in [4.78, 5) is 13.9. The van der Waals surface area contributed by atoms with Crippen LogP contribution in [0.25, 0.3) is 0 Å². The van der Waals surface area contributed by atoms with Gasteiger partial charge in [0.25, 0.3) is 0 Å². The zero-order valence-corrected chi connectivity index (χ0v) is 10.9. The summed E-state index contributed by atoms with van der Waals surface area (Å²) in [6.45, 7) is 10.5. The van der Waals surface area contributed by atoms with Crippen molar-refractivity contribution in [1.29, 1.82) is 0 Å². The first-order valence-corrected chi connectivity index (χ1v) is 6.13. The van der Waals surface area contributed by atoms with Crippen molar-refractivity contribution in [2.45, 2.75) is 45.7 Å². The largest absolute Gasteiger partial charge is 0.350 e. The molecule has 3 N–H and O–H groups in total. The average Bonchev–Trinajstić information content (AvgIpc) is 2.44. The van der Waals surface area contributed by atoms with Crippen LogP contribution in [-0.2, 0) is 4.79 Å². The molecule has 1 amide bonds. The molecule has 0 bridgehead atoms. The summed E-state index contributed by atoms with van der Waals surface area (Å²) in [5, 5.41) is 3.04. The summed E-state index contributed by atoms with van der Waals surface area (Å²) in [7, 11) is 0. The second-order valence-electron chi connectivity index (χ2n) is 5.62. The summed E-state index contributed by atoms with van der Waals surface area (Å²) >= 11 is 0. The van der Waals surface area contributed by atoms with Crippen LogP contribution in [0.2, 0.25) is 0 Å². The number of nitrogens with one attached hydrogen (secondary N) is 1. The maximum Gasteiger partial charge on any atom is 0.234 e. The fraction of sp³-hybridized carbons (Fsp3) is 0.917. The van der Waals surface area contributed by atoms with Crippen LogP contribution in [-0.4, -0.2) is 42.0 Å². The first-order valence-electron chi connectivity index (χ1n) is 6.13. The maximum atomic E-state index is 11.8.